The number of carbonyl (C=O) groups excluding carboxylic acids is 1. The molecule has 1 fully saturated rings. The molecule has 1 atom stereocenters. The van der Waals surface area contributed by atoms with Crippen LogP contribution in [0.2, 0.25) is 0 Å². The van der Waals surface area contributed by atoms with Crippen molar-refractivity contribution in [1.29, 1.82) is 0 Å². The SMILES string of the molecule is NC(=O)c1cn2c(n1)-c1cc(C#CC3(O)CCC3)ccc1C1=CC2C1. The van der Waals surface area contributed by atoms with Crippen LogP contribution in [0.3, 0.4) is 0 Å². The fourth-order valence-corrected chi connectivity index (χ4v) is 3.68. The first-order valence-electron chi connectivity index (χ1n) is 8.52. The summed E-state index contributed by atoms with van der Waals surface area (Å²) in [7, 11) is 0. The fraction of sp³-hybridized carbons (Fsp3) is 0.300. The van der Waals surface area contributed by atoms with Crippen LogP contribution in [-0.2, 0) is 0 Å². The molecule has 124 valence electrons. The molecular formula is C20H17N3O2. The van der Waals surface area contributed by atoms with E-state index in [-0.39, 0.29) is 11.7 Å². The second kappa shape index (κ2) is 4.84. The Hall–Kier alpha value is -2.84. The largest absolute Gasteiger partial charge is 0.378 e. The van der Waals surface area contributed by atoms with Gasteiger partial charge in [-0.2, -0.15) is 0 Å². The lowest BCUT2D eigenvalue weighted by Crippen LogP contribution is -2.34. The quantitative estimate of drug-likeness (QED) is 0.787. The summed E-state index contributed by atoms with van der Waals surface area (Å²) < 4.78 is 2.02. The minimum Gasteiger partial charge on any atom is -0.378 e. The summed E-state index contributed by atoms with van der Waals surface area (Å²) in [5, 5.41) is 10.2. The molecule has 1 saturated carbocycles. The Kier molecular flexibility index (Phi) is 2.81. The van der Waals surface area contributed by atoms with Gasteiger partial charge in [0.15, 0.2) is 0 Å². The molecule has 2 aliphatic carbocycles. The number of allylic oxidation sites excluding steroid dienone is 2. The Labute approximate surface area is 145 Å². The molecule has 4 aliphatic rings. The molecule has 0 saturated heterocycles. The van der Waals surface area contributed by atoms with E-state index >= 15 is 0 Å². The van der Waals surface area contributed by atoms with E-state index in [1.165, 1.54) is 5.57 Å². The molecule has 0 radical (unpaired) electrons. The first kappa shape index (κ1) is 14.5. The van der Waals surface area contributed by atoms with Crippen molar-refractivity contribution in [3.63, 3.8) is 0 Å². The van der Waals surface area contributed by atoms with E-state index in [0.29, 0.717) is 0 Å². The standard InChI is InChI=1S/C20H17N3O2/c21-18(24)17-11-23-14-9-13(10-14)15-3-2-12(8-16(15)19(23)22-17)4-7-20(25)5-1-6-20/h2-3,8-9,11,14,25H,1,5-6,10H2,(H2,21,24). The third-order valence-electron chi connectivity index (χ3n) is 5.39. The highest BCUT2D eigenvalue weighted by Gasteiger charge is 2.33. The number of nitrogens with two attached hydrogens (primary N) is 1. The van der Waals surface area contributed by atoms with Crippen LogP contribution in [0.15, 0.2) is 30.5 Å². The number of hydrogen-bond acceptors (Lipinski definition) is 3. The number of aliphatic hydroxyl groups is 1. The third kappa shape index (κ3) is 2.15. The summed E-state index contributed by atoms with van der Waals surface area (Å²) in [6.45, 7) is 0. The number of imidazole rings is 1. The molecule has 2 aromatic rings. The van der Waals surface area contributed by atoms with E-state index in [0.717, 1.165) is 48.2 Å². The number of amides is 1. The van der Waals surface area contributed by atoms with Crippen molar-refractivity contribution in [2.45, 2.75) is 37.3 Å². The van der Waals surface area contributed by atoms with E-state index < -0.39 is 11.5 Å². The van der Waals surface area contributed by atoms with Crippen LogP contribution >= 0.6 is 0 Å². The normalized spacial score (nSPS) is 21.3. The molecule has 3 heterocycles. The van der Waals surface area contributed by atoms with Gasteiger partial charge in [-0.1, -0.05) is 24.0 Å². The lowest BCUT2D eigenvalue weighted by molar-refractivity contribution is 0.0240. The molecular weight excluding hydrogens is 314 g/mol. The van der Waals surface area contributed by atoms with Gasteiger partial charge in [0, 0.05) is 17.3 Å². The van der Waals surface area contributed by atoms with Crippen LogP contribution in [0.5, 0.6) is 0 Å². The molecule has 3 N–H and O–H groups in total. The highest BCUT2D eigenvalue weighted by molar-refractivity contribution is 5.92. The zero-order chi connectivity index (χ0) is 17.2. The maximum atomic E-state index is 11.5. The monoisotopic (exact) mass is 331 g/mol. The fourth-order valence-electron chi connectivity index (χ4n) is 3.68. The van der Waals surface area contributed by atoms with Crippen LogP contribution < -0.4 is 5.73 Å². The number of aromatic nitrogens is 2. The van der Waals surface area contributed by atoms with Gasteiger partial charge in [0.05, 0.1) is 6.04 Å². The Morgan fingerprint density at radius 2 is 2.16 bits per heavy atom. The van der Waals surface area contributed by atoms with Crippen molar-refractivity contribution < 1.29 is 9.90 Å². The van der Waals surface area contributed by atoms with Crippen molar-refractivity contribution in [2.75, 3.05) is 0 Å². The predicted molar refractivity (Wildman–Crippen MR) is 93.5 cm³/mol. The number of rotatable bonds is 1. The van der Waals surface area contributed by atoms with E-state index in [1.807, 2.05) is 16.7 Å². The zero-order valence-corrected chi connectivity index (χ0v) is 13.6. The molecule has 2 aliphatic heterocycles. The molecule has 1 amide bonds. The summed E-state index contributed by atoms with van der Waals surface area (Å²) in [5.74, 6) is 6.32. The van der Waals surface area contributed by atoms with Gasteiger partial charge in [0.25, 0.3) is 5.91 Å². The summed E-state index contributed by atoms with van der Waals surface area (Å²) in [6, 6.07) is 6.26. The zero-order valence-electron chi connectivity index (χ0n) is 13.6. The highest BCUT2D eigenvalue weighted by Crippen LogP contribution is 2.46. The second-order valence-electron chi connectivity index (χ2n) is 7.08. The second-order valence-corrected chi connectivity index (χ2v) is 7.08. The third-order valence-corrected chi connectivity index (χ3v) is 5.39. The van der Waals surface area contributed by atoms with Crippen molar-refractivity contribution in [2.24, 2.45) is 5.73 Å². The van der Waals surface area contributed by atoms with Crippen LogP contribution in [0, 0.1) is 11.8 Å². The van der Waals surface area contributed by atoms with Crippen LogP contribution in [0.4, 0.5) is 0 Å². The van der Waals surface area contributed by atoms with Gasteiger partial charge in [-0.05, 0) is 49.0 Å². The Bertz CT molecular complexity index is 1020. The number of carbonyl (C=O) groups is 1. The summed E-state index contributed by atoms with van der Waals surface area (Å²) in [6.07, 6.45) is 7.37. The first-order valence-corrected chi connectivity index (χ1v) is 8.52. The number of primary amides is 1. The van der Waals surface area contributed by atoms with Crippen molar-refractivity contribution in [3.05, 3.63) is 47.3 Å². The summed E-state index contributed by atoms with van der Waals surface area (Å²) in [5.41, 5.74) is 9.10. The minimum absolute atomic E-state index is 0.225. The van der Waals surface area contributed by atoms with Gasteiger partial charge in [-0.3, -0.25) is 4.79 Å². The van der Waals surface area contributed by atoms with Gasteiger partial charge < -0.3 is 15.4 Å². The lowest BCUT2D eigenvalue weighted by atomic mass is 9.81. The van der Waals surface area contributed by atoms with Gasteiger partial charge >= 0.3 is 0 Å². The van der Waals surface area contributed by atoms with E-state index in [4.69, 9.17) is 5.73 Å². The van der Waals surface area contributed by atoms with Crippen molar-refractivity contribution in [3.8, 4) is 23.2 Å². The first-order chi connectivity index (χ1) is 12.0. The number of benzene rings is 1. The molecule has 25 heavy (non-hydrogen) atoms. The topological polar surface area (TPSA) is 81.1 Å². The Morgan fingerprint density at radius 1 is 1.36 bits per heavy atom. The summed E-state index contributed by atoms with van der Waals surface area (Å²) >= 11 is 0. The van der Waals surface area contributed by atoms with Crippen molar-refractivity contribution in [1.82, 2.24) is 9.55 Å². The number of nitrogens with zero attached hydrogens (tertiary/aromatic N) is 2. The molecule has 0 spiro atoms. The minimum atomic E-state index is -0.825. The average Bonchev–Trinajstić information content (AvgIpc) is 2.86. The average molecular weight is 331 g/mol. The summed E-state index contributed by atoms with van der Waals surface area (Å²) in [4.78, 5) is 16.0. The van der Waals surface area contributed by atoms with Gasteiger partial charge in [-0.15, -0.1) is 0 Å². The maximum absolute atomic E-state index is 11.5. The molecule has 5 heteroatoms. The molecule has 1 aromatic heterocycles. The Morgan fingerprint density at radius 3 is 2.84 bits per heavy atom. The highest BCUT2D eigenvalue weighted by atomic mass is 16.3. The van der Waals surface area contributed by atoms with Crippen LogP contribution in [0.1, 0.15) is 53.3 Å². The van der Waals surface area contributed by atoms with Crippen LogP contribution in [-0.4, -0.2) is 26.2 Å². The lowest BCUT2D eigenvalue weighted by Gasteiger charge is -2.30. The van der Waals surface area contributed by atoms with E-state index in [9.17, 15) is 9.90 Å². The van der Waals surface area contributed by atoms with Gasteiger partial charge in [0.1, 0.15) is 17.1 Å². The van der Waals surface area contributed by atoms with E-state index in [2.05, 4.69) is 29.0 Å². The molecule has 5 nitrogen and oxygen atoms in total. The molecule has 1 unspecified atom stereocenters. The van der Waals surface area contributed by atoms with Crippen molar-refractivity contribution >= 4 is 11.5 Å². The number of hydrogen-bond donors (Lipinski definition) is 2. The molecule has 6 rings (SSSR count). The van der Waals surface area contributed by atoms with Crippen LogP contribution in [0.25, 0.3) is 17.0 Å². The smallest absolute Gasteiger partial charge is 0.268 e. The maximum Gasteiger partial charge on any atom is 0.268 e. The molecule has 2 bridgehead atoms. The Balaban J connectivity index is 1.63. The van der Waals surface area contributed by atoms with Gasteiger partial charge in [0.2, 0.25) is 0 Å². The predicted octanol–water partition coefficient (Wildman–Crippen LogP) is 2.26. The van der Waals surface area contributed by atoms with Gasteiger partial charge in [-0.25, -0.2) is 4.98 Å². The molecule has 1 aromatic carbocycles. The van der Waals surface area contributed by atoms with E-state index in [1.54, 1.807) is 6.20 Å².